The van der Waals surface area contributed by atoms with Crippen LogP contribution in [0.25, 0.3) is 0 Å². The van der Waals surface area contributed by atoms with Crippen molar-refractivity contribution in [3.63, 3.8) is 0 Å². The number of carbonyl (C=O) groups is 1. The Morgan fingerprint density at radius 3 is 2.78 bits per heavy atom. The summed E-state index contributed by atoms with van der Waals surface area (Å²) >= 11 is 0. The topological polar surface area (TPSA) is 55.6 Å². The van der Waals surface area contributed by atoms with E-state index < -0.39 is 0 Å². The molecule has 0 aromatic heterocycles. The van der Waals surface area contributed by atoms with Crippen LogP contribution in [0.15, 0.2) is 24.3 Å². The first kappa shape index (κ1) is 13.1. The minimum absolute atomic E-state index is 0.168. The van der Waals surface area contributed by atoms with Gasteiger partial charge in [0.2, 0.25) is 5.91 Å². The van der Waals surface area contributed by atoms with E-state index in [9.17, 15) is 4.79 Å². The second-order valence-corrected chi connectivity index (χ2v) is 4.50. The number of hydrogen-bond donors (Lipinski definition) is 1. The van der Waals surface area contributed by atoms with Gasteiger partial charge in [-0.15, -0.1) is 0 Å². The molecule has 1 heterocycles. The quantitative estimate of drug-likeness (QED) is 0.866. The molecular formula is C14H20N2O2. The summed E-state index contributed by atoms with van der Waals surface area (Å²) in [7, 11) is 0. The molecule has 2 N–H and O–H groups in total. The van der Waals surface area contributed by atoms with Crippen LogP contribution in [0, 0.1) is 0 Å². The van der Waals surface area contributed by atoms with Crippen LogP contribution in [0.5, 0.6) is 0 Å². The summed E-state index contributed by atoms with van der Waals surface area (Å²) in [4.78, 5) is 14.1. The molecule has 0 radical (unpaired) electrons. The standard InChI is InChI=1S/C14H20N2O2/c15-11-13-5-2-1-4-12(13)10-14(17)16-6-3-8-18-9-7-16/h1-2,4-5H,3,6-11,15H2. The van der Waals surface area contributed by atoms with Crippen molar-refractivity contribution in [2.45, 2.75) is 19.4 Å². The van der Waals surface area contributed by atoms with Gasteiger partial charge in [-0.25, -0.2) is 0 Å². The molecule has 2 rings (SSSR count). The second-order valence-electron chi connectivity index (χ2n) is 4.50. The first-order chi connectivity index (χ1) is 8.81. The number of nitrogens with two attached hydrogens (primary N) is 1. The van der Waals surface area contributed by atoms with Gasteiger partial charge in [0, 0.05) is 26.2 Å². The predicted octanol–water partition coefficient (Wildman–Crippen LogP) is 0.937. The van der Waals surface area contributed by atoms with E-state index in [2.05, 4.69) is 0 Å². The molecule has 1 saturated heterocycles. The van der Waals surface area contributed by atoms with Gasteiger partial charge >= 0.3 is 0 Å². The van der Waals surface area contributed by atoms with Crippen LogP contribution < -0.4 is 5.73 Å². The summed E-state index contributed by atoms with van der Waals surface area (Å²) in [6.45, 7) is 3.37. The molecule has 0 atom stereocenters. The fourth-order valence-electron chi connectivity index (χ4n) is 2.20. The Kier molecular flexibility index (Phi) is 4.73. The Morgan fingerprint density at radius 1 is 1.22 bits per heavy atom. The fourth-order valence-corrected chi connectivity index (χ4v) is 2.20. The molecule has 4 heteroatoms. The third kappa shape index (κ3) is 3.31. The molecule has 98 valence electrons. The zero-order chi connectivity index (χ0) is 12.8. The monoisotopic (exact) mass is 248 g/mol. The normalized spacial score (nSPS) is 16.4. The summed E-state index contributed by atoms with van der Waals surface area (Å²) in [5, 5.41) is 0. The van der Waals surface area contributed by atoms with Gasteiger partial charge in [0.15, 0.2) is 0 Å². The van der Waals surface area contributed by atoms with E-state index in [1.807, 2.05) is 29.2 Å². The van der Waals surface area contributed by atoms with E-state index in [4.69, 9.17) is 10.5 Å². The average molecular weight is 248 g/mol. The van der Waals surface area contributed by atoms with Crippen LogP contribution >= 0.6 is 0 Å². The molecule has 18 heavy (non-hydrogen) atoms. The third-order valence-electron chi connectivity index (χ3n) is 3.25. The summed E-state index contributed by atoms with van der Waals surface area (Å²) in [6, 6.07) is 7.87. The van der Waals surface area contributed by atoms with Gasteiger partial charge in [-0.1, -0.05) is 24.3 Å². The van der Waals surface area contributed by atoms with Crippen LogP contribution in [-0.4, -0.2) is 37.1 Å². The highest BCUT2D eigenvalue weighted by Gasteiger charge is 2.16. The highest BCUT2D eigenvalue weighted by molar-refractivity contribution is 5.79. The molecule has 0 bridgehead atoms. The lowest BCUT2D eigenvalue weighted by Gasteiger charge is -2.20. The van der Waals surface area contributed by atoms with Gasteiger partial charge in [0.25, 0.3) is 0 Å². The van der Waals surface area contributed by atoms with Gasteiger partial charge < -0.3 is 15.4 Å². The summed E-state index contributed by atoms with van der Waals surface area (Å²) in [6.07, 6.45) is 1.36. The first-order valence-electron chi connectivity index (χ1n) is 6.43. The minimum atomic E-state index is 0.168. The lowest BCUT2D eigenvalue weighted by atomic mass is 10.0. The zero-order valence-corrected chi connectivity index (χ0v) is 10.6. The molecule has 1 fully saturated rings. The fraction of sp³-hybridized carbons (Fsp3) is 0.500. The van der Waals surface area contributed by atoms with Crippen LogP contribution in [0.4, 0.5) is 0 Å². The highest BCUT2D eigenvalue weighted by Crippen LogP contribution is 2.11. The SMILES string of the molecule is NCc1ccccc1CC(=O)N1CCCOCC1. The van der Waals surface area contributed by atoms with Gasteiger partial charge in [0.1, 0.15) is 0 Å². The smallest absolute Gasteiger partial charge is 0.227 e. The van der Waals surface area contributed by atoms with Crippen molar-refractivity contribution in [3.8, 4) is 0 Å². The van der Waals surface area contributed by atoms with Crippen molar-refractivity contribution < 1.29 is 9.53 Å². The van der Waals surface area contributed by atoms with Gasteiger partial charge in [0.05, 0.1) is 13.0 Å². The maximum Gasteiger partial charge on any atom is 0.227 e. The van der Waals surface area contributed by atoms with E-state index in [1.165, 1.54) is 0 Å². The molecule has 0 unspecified atom stereocenters. The van der Waals surface area contributed by atoms with E-state index in [1.54, 1.807) is 0 Å². The van der Waals surface area contributed by atoms with Crippen molar-refractivity contribution >= 4 is 5.91 Å². The van der Waals surface area contributed by atoms with Crippen LogP contribution in [0.2, 0.25) is 0 Å². The molecule has 0 aliphatic carbocycles. The molecule has 0 spiro atoms. The number of ether oxygens (including phenoxy) is 1. The van der Waals surface area contributed by atoms with E-state index in [0.717, 1.165) is 30.7 Å². The molecule has 1 aromatic carbocycles. The van der Waals surface area contributed by atoms with Gasteiger partial charge in [-0.2, -0.15) is 0 Å². The molecule has 1 amide bonds. The van der Waals surface area contributed by atoms with Crippen LogP contribution in [-0.2, 0) is 22.5 Å². The molecule has 1 aliphatic heterocycles. The van der Waals surface area contributed by atoms with Crippen molar-refractivity contribution in [1.82, 2.24) is 4.90 Å². The van der Waals surface area contributed by atoms with Gasteiger partial charge in [-0.05, 0) is 17.5 Å². The lowest BCUT2D eigenvalue weighted by Crippen LogP contribution is -2.34. The number of benzene rings is 1. The van der Waals surface area contributed by atoms with Crippen molar-refractivity contribution in [3.05, 3.63) is 35.4 Å². The Morgan fingerprint density at radius 2 is 2.00 bits per heavy atom. The first-order valence-corrected chi connectivity index (χ1v) is 6.43. The number of rotatable bonds is 3. The van der Waals surface area contributed by atoms with Crippen molar-refractivity contribution in [2.24, 2.45) is 5.73 Å². The summed E-state index contributed by atoms with van der Waals surface area (Å²) in [5.41, 5.74) is 7.77. The minimum Gasteiger partial charge on any atom is -0.380 e. The van der Waals surface area contributed by atoms with Crippen molar-refractivity contribution in [2.75, 3.05) is 26.3 Å². The van der Waals surface area contributed by atoms with E-state index >= 15 is 0 Å². The number of nitrogens with zero attached hydrogens (tertiary/aromatic N) is 1. The van der Waals surface area contributed by atoms with E-state index in [-0.39, 0.29) is 5.91 Å². The predicted molar refractivity (Wildman–Crippen MR) is 70.1 cm³/mol. The number of carbonyl (C=O) groups excluding carboxylic acids is 1. The summed E-state index contributed by atoms with van der Waals surface area (Å²) < 4.78 is 5.36. The largest absolute Gasteiger partial charge is 0.380 e. The molecule has 4 nitrogen and oxygen atoms in total. The Labute approximate surface area is 108 Å². The van der Waals surface area contributed by atoms with Gasteiger partial charge in [-0.3, -0.25) is 4.79 Å². The number of amides is 1. The second kappa shape index (κ2) is 6.52. The maximum atomic E-state index is 12.2. The Bertz CT molecular complexity index is 399. The molecule has 1 aliphatic rings. The van der Waals surface area contributed by atoms with Crippen LogP contribution in [0.3, 0.4) is 0 Å². The highest BCUT2D eigenvalue weighted by atomic mass is 16.5. The van der Waals surface area contributed by atoms with E-state index in [0.29, 0.717) is 26.1 Å². The molecular weight excluding hydrogens is 228 g/mol. The average Bonchev–Trinajstić information content (AvgIpc) is 2.68. The maximum absolute atomic E-state index is 12.2. The lowest BCUT2D eigenvalue weighted by molar-refractivity contribution is -0.130. The molecule has 0 saturated carbocycles. The Balaban J connectivity index is 2.01. The molecule has 1 aromatic rings. The third-order valence-corrected chi connectivity index (χ3v) is 3.25. The number of hydrogen-bond acceptors (Lipinski definition) is 3. The summed E-state index contributed by atoms with van der Waals surface area (Å²) in [5.74, 6) is 0.168. The zero-order valence-electron chi connectivity index (χ0n) is 10.6. The van der Waals surface area contributed by atoms with Crippen LogP contribution in [0.1, 0.15) is 17.5 Å². The van der Waals surface area contributed by atoms with Crippen molar-refractivity contribution in [1.29, 1.82) is 0 Å². The Hall–Kier alpha value is -1.39.